The molecular formula is C13H14F2N2S. The third kappa shape index (κ3) is 3.11. The minimum atomic E-state index is -0.558. The molecule has 0 amide bonds. The first-order valence-electron chi connectivity index (χ1n) is 5.78. The lowest BCUT2D eigenvalue weighted by molar-refractivity contribution is 0.561. The van der Waals surface area contributed by atoms with E-state index in [0.717, 1.165) is 23.9 Å². The van der Waals surface area contributed by atoms with E-state index in [2.05, 4.69) is 10.3 Å². The van der Waals surface area contributed by atoms with Gasteiger partial charge in [-0.05, 0) is 30.7 Å². The third-order valence-electron chi connectivity index (χ3n) is 2.55. The molecule has 0 saturated carbocycles. The van der Waals surface area contributed by atoms with Gasteiger partial charge >= 0.3 is 0 Å². The molecule has 1 heterocycles. The molecule has 1 aromatic heterocycles. The van der Waals surface area contributed by atoms with Crippen LogP contribution in [0.2, 0.25) is 0 Å². The monoisotopic (exact) mass is 268 g/mol. The highest BCUT2D eigenvalue weighted by molar-refractivity contribution is 7.09. The summed E-state index contributed by atoms with van der Waals surface area (Å²) in [6.45, 7) is 2.82. The molecule has 0 aliphatic carbocycles. The maximum absolute atomic E-state index is 13.3. The normalized spacial score (nSPS) is 12.6. The van der Waals surface area contributed by atoms with E-state index in [9.17, 15) is 8.78 Å². The number of hydrogen-bond donors (Lipinski definition) is 1. The Morgan fingerprint density at radius 1 is 1.28 bits per heavy atom. The molecule has 1 aromatic carbocycles. The summed E-state index contributed by atoms with van der Waals surface area (Å²) in [7, 11) is 0. The van der Waals surface area contributed by atoms with Crippen molar-refractivity contribution in [1.29, 1.82) is 0 Å². The molecule has 0 radical (unpaired) electrons. The lowest BCUT2D eigenvalue weighted by atomic mass is 10.1. The van der Waals surface area contributed by atoms with Crippen LogP contribution in [0.25, 0.3) is 0 Å². The number of rotatable bonds is 5. The van der Waals surface area contributed by atoms with E-state index < -0.39 is 11.6 Å². The summed E-state index contributed by atoms with van der Waals surface area (Å²) in [5, 5.41) is 3.28. The van der Waals surface area contributed by atoms with Gasteiger partial charge in [-0.1, -0.05) is 6.92 Å². The van der Waals surface area contributed by atoms with E-state index in [1.807, 2.05) is 6.92 Å². The van der Waals surface area contributed by atoms with Crippen molar-refractivity contribution in [3.8, 4) is 0 Å². The fourth-order valence-corrected chi connectivity index (χ4v) is 2.50. The van der Waals surface area contributed by atoms with E-state index in [1.54, 1.807) is 11.7 Å². The molecule has 2 nitrogen and oxygen atoms in total. The van der Waals surface area contributed by atoms with Gasteiger partial charge < -0.3 is 5.32 Å². The van der Waals surface area contributed by atoms with Crippen molar-refractivity contribution in [2.45, 2.75) is 19.4 Å². The van der Waals surface area contributed by atoms with Crippen LogP contribution in [0.1, 0.15) is 29.8 Å². The zero-order chi connectivity index (χ0) is 13.0. The second kappa shape index (κ2) is 6.02. The second-order valence-electron chi connectivity index (χ2n) is 3.99. The van der Waals surface area contributed by atoms with Crippen LogP contribution in [0.5, 0.6) is 0 Å². The molecule has 1 N–H and O–H groups in total. The van der Waals surface area contributed by atoms with Crippen LogP contribution in [0.4, 0.5) is 8.78 Å². The highest BCUT2D eigenvalue weighted by Gasteiger charge is 2.16. The van der Waals surface area contributed by atoms with Crippen LogP contribution >= 0.6 is 11.3 Å². The molecule has 0 spiro atoms. The second-order valence-corrected chi connectivity index (χ2v) is 4.91. The summed E-state index contributed by atoms with van der Waals surface area (Å²) in [4.78, 5) is 4.96. The molecule has 96 valence electrons. The Morgan fingerprint density at radius 3 is 2.56 bits per heavy atom. The fourth-order valence-electron chi connectivity index (χ4n) is 1.78. The van der Waals surface area contributed by atoms with Gasteiger partial charge in [-0.2, -0.15) is 0 Å². The summed E-state index contributed by atoms with van der Waals surface area (Å²) < 4.78 is 26.5. The van der Waals surface area contributed by atoms with Gasteiger partial charge in [-0.15, -0.1) is 11.3 Å². The molecule has 0 bridgehead atoms. The molecular weight excluding hydrogens is 254 g/mol. The highest BCUT2D eigenvalue weighted by atomic mass is 32.1. The number of benzene rings is 1. The van der Waals surface area contributed by atoms with Gasteiger partial charge in [0.25, 0.3) is 0 Å². The van der Waals surface area contributed by atoms with Gasteiger partial charge in [0, 0.05) is 17.1 Å². The van der Waals surface area contributed by atoms with Gasteiger partial charge in [0.2, 0.25) is 0 Å². The van der Waals surface area contributed by atoms with Crippen LogP contribution < -0.4 is 5.32 Å². The van der Waals surface area contributed by atoms with Crippen molar-refractivity contribution < 1.29 is 8.78 Å². The maximum Gasteiger partial charge on any atom is 0.126 e. The Bertz CT molecular complexity index is 479. The molecule has 5 heteroatoms. The molecule has 0 saturated heterocycles. The molecule has 0 aliphatic heterocycles. The molecule has 1 atom stereocenters. The van der Waals surface area contributed by atoms with E-state index in [4.69, 9.17) is 0 Å². The van der Waals surface area contributed by atoms with Crippen molar-refractivity contribution in [3.63, 3.8) is 0 Å². The van der Waals surface area contributed by atoms with Gasteiger partial charge in [0.15, 0.2) is 0 Å². The quantitative estimate of drug-likeness (QED) is 0.897. The topological polar surface area (TPSA) is 24.9 Å². The Labute approximate surface area is 109 Å². The first-order chi connectivity index (χ1) is 8.70. The summed E-state index contributed by atoms with van der Waals surface area (Å²) in [6.07, 6.45) is 2.67. The molecule has 2 rings (SSSR count). The van der Waals surface area contributed by atoms with Crippen molar-refractivity contribution in [3.05, 3.63) is 52.0 Å². The molecule has 0 fully saturated rings. The SMILES string of the molecule is CCCNC(c1cc(F)cc(F)c1)c1cncs1. The zero-order valence-electron chi connectivity index (χ0n) is 9.99. The summed E-state index contributed by atoms with van der Waals surface area (Å²) in [5.41, 5.74) is 2.30. The van der Waals surface area contributed by atoms with E-state index in [1.165, 1.54) is 23.5 Å². The first-order valence-corrected chi connectivity index (χ1v) is 6.66. The zero-order valence-corrected chi connectivity index (χ0v) is 10.8. The van der Waals surface area contributed by atoms with Crippen LogP contribution in [0, 0.1) is 11.6 Å². The van der Waals surface area contributed by atoms with Crippen molar-refractivity contribution in [2.24, 2.45) is 0 Å². The van der Waals surface area contributed by atoms with Crippen LogP contribution in [0.3, 0.4) is 0 Å². The van der Waals surface area contributed by atoms with Crippen molar-refractivity contribution in [1.82, 2.24) is 10.3 Å². The highest BCUT2D eigenvalue weighted by Crippen LogP contribution is 2.26. The summed E-state index contributed by atoms with van der Waals surface area (Å²) >= 11 is 1.47. The summed E-state index contributed by atoms with van der Waals surface area (Å²) in [5.74, 6) is -1.12. The lowest BCUT2D eigenvalue weighted by Crippen LogP contribution is -2.22. The minimum absolute atomic E-state index is 0.206. The fraction of sp³-hybridized carbons (Fsp3) is 0.308. The maximum atomic E-state index is 13.3. The van der Waals surface area contributed by atoms with Gasteiger partial charge in [-0.3, -0.25) is 4.98 Å². The number of thiazole rings is 1. The molecule has 0 aliphatic rings. The van der Waals surface area contributed by atoms with Gasteiger partial charge in [0.05, 0.1) is 11.6 Å². The van der Waals surface area contributed by atoms with Gasteiger partial charge in [0.1, 0.15) is 11.6 Å². The first kappa shape index (κ1) is 13.1. The van der Waals surface area contributed by atoms with Crippen LogP contribution in [-0.4, -0.2) is 11.5 Å². The average Bonchev–Trinajstić information content (AvgIpc) is 2.82. The number of nitrogens with one attached hydrogen (secondary N) is 1. The lowest BCUT2D eigenvalue weighted by Gasteiger charge is -2.17. The molecule has 1 unspecified atom stereocenters. The van der Waals surface area contributed by atoms with Crippen molar-refractivity contribution >= 4 is 11.3 Å². The Morgan fingerprint density at radius 2 is 2.00 bits per heavy atom. The number of nitrogens with zero attached hydrogens (tertiary/aromatic N) is 1. The van der Waals surface area contributed by atoms with E-state index in [-0.39, 0.29) is 6.04 Å². The number of aromatic nitrogens is 1. The molecule has 18 heavy (non-hydrogen) atoms. The predicted molar refractivity (Wildman–Crippen MR) is 68.6 cm³/mol. The summed E-state index contributed by atoms with van der Waals surface area (Å²) in [6, 6.07) is 3.39. The minimum Gasteiger partial charge on any atom is -0.306 e. The average molecular weight is 268 g/mol. The standard InChI is InChI=1S/C13H14F2N2S/c1-2-3-17-13(12-7-16-8-18-12)9-4-10(14)6-11(15)5-9/h4-8,13,17H,2-3H2,1H3. The largest absolute Gasteiger partial charge is 0.306 e. The van der Waals surface area contributed by atoms with Gasteiger partial charge in [-0.25, -0.2) is 8.78 Å². The van der Waals surface area contributed by atoms with E-state index >= 15 is 0 Å². The third-order valence-corrected chi connectivity index (χ3v) is 3.39. The van der Waals surface area contributed by atoms with E-state index in [0.29, 0.717) is 5.56 Å². The smallest absolute Gasteiger partial charge is 0.126 e. The number of hydrogen-bond acceptors (Lipinski definition) is 3. The van der Waals surface area contributed by atoms with Crippen LogP contribution in [0.15, 0.2) is 29.9 Å². The Kier molecular flexibility index (Phi) is 4.38. The Balaban J connectivity index is 2.33. The van der Waals surface area contributed by atoms with Crippen molar-refractivity contribution in [2.75, 3.05) is 6.54 Å². The van der Waals surface area contributed by atoms with Crippen LogP contribution in [-0.2, 0) is 0 Å². The Hall–Kier alpha value is -1.33. The predicted octanol–water partition coefficient (Wildman–Crippen LogP) is 3.51. The molecule has 2 aromatic rings. The number of halogens is 2.